The van der Waals surface area contributed by atoms with E-state index >= 15 is 0 Å². The van der Waals surface area contributed by atoms with Crippen LogP contribution in [0.1, 0.15) is 11.1 Å². The quantitative estimate of drug-likeness (QED) is 0.706. The molecule has 2 aromatic carbocycles. The zero-order valence-corrected chi connectivity index (χ0v) is 13.1. The summed E-state index contributed by atoms with van der Waals surface area (Å²) in [5.41, 5.74) is 4.64. The normalized spacial score (nSPS) is 11.2. The van der Waals surface area contributed by atoms with Gasteiger partial charge in [0.2, 0.25) is 0 Å². The standard InChI is InChI=1S/C18H21N3O/c1-20-16-9-8-15(12-17(16)21(2)18(20)22)13-19-11-10-14-6-4-3-5-7-14/h3-9,12,19H,10-11,13H2,1-2H3/p+1. The number of hydrogen-bond acceptors (Lipinski definition) is 1. The smallest absolute Gasteiger partial charge is 0.328 e. The summed E-state index contributed by atoms with van der Waals surface area (Å²) in [6, 6.07) is 16.8. The molecule has 3 aromatic rings. The van der Waals surface area contributed by atoms with Gasteiger partial charge < -0.3 is 5.32 Å². The van der Waals surface area contributed by atoms with Crippen LogP contribution in [0.4, 0.5) is 0 Å². The Balaban J connectivity index is 1.65. The van der Waals surface area contributed by atoms with Gasteiger partial charge in [0.25, 0.3) is 0 Å². The van der Waals surface area contributed by atoms with Crippen LogP contribution in [0.3, 0.4) is 0 Å². The molecule has 2 N–H and O–H groups in total. The Morgan fingerprint density at radius 2 is 1.64 bits per heavy atom. The fourth-order valence-electron chi connectivity index (χ4n) is 2.86. The van der Waals surface area contributed by atoms with Crippen LogP contribution >= 0.6 is 0 Å². The Kier molecular flexibility index (Phi) is 4.11. The fourth-order valence-corrected chi connectivity index (χ4v) is 2.86. The largest absolute Gasteiger partial charge is 0.342 e. The minimum Gasteiger partial charge on any atom is -0.342 e. The lowest BCUT2D eigenvalue weighted by Crippen LogP contribution is -2.83. The number of quaternary nitrogens is 1. The third-order valence-corrected chi connectivity index (χ3v) is 4.20. The first-order valence-electron chi connectivity index (χ1n) is 7.67. The fraction of sp³-hybridized carbons (Fsp3) is 0.278. The average molecular weight is 296 g/mol. The van der Waals surface area contributed by atoms with Crippen molar-refractivity contribution in [1.29, 1.82) is 0 Å². The van der Waals surface area contributed by atoms with Crippen molar-refractivity contribution in [3.05, 3.63) is 70.1 Å². The molecule has 1 heterocycles. The van der Waals surface area contributed by atoms with Gasteiger partial charge in [-0.05, 0) is 17.7 Å². The van der Waals surface area contributed by atoms with Crippen molar-refractivity contribution in [3.63, 3.8) is 0 Å². The third kappa shape index (κ3) is 2.83. The molecule has 0 saturated carbocycles. The van der Waals surface area contributed by atoms with Crippen molar-refractivity contribution >= 4 is 11.0 Å². The number of hydrogen-bond donors (Lipinski definition) is 1. The maximum atomic E-state index is 11.9. The van der Waals surface area contributed by atoms with Gasteiger partial charge in [-0.2, -0.15) is 0 Å². The summed E-state index contributed by atoms with van der Waals surface area (Å²) in [6.45, 7) is 2.00. The Morgan fingerprint density at radius 3 is 2.41 bits per heavy atom. The van der Waals surface area contributed by atoms with E-state index in [0.717, 1.165) is 30.5 Å². The van der Waals surface area contributed by atoms with Crippen molar-refractivity contribution in [1.82, 2.24) is 9.13 Å². The van der Waals surface area contributed by atoms with Crippen LogP contribution < -0.4 is 11.0 Å². The van der Waals surface area contributed by atoms with Gasteiger partial charge in [0.1, 0.15) is 6.54 Å². The number of nitrogens with zero attached hydrogens (tertiary/aromatic N) is 2. The summed E-state index contributed by atoms with van der Waals surface area (Å²) in [5, 5.41) is 2.31. The molecule has 4 nitrogen and oxygen atoms in total. The summed E-state index contributed by atoms with van der Waals surface area (Å²) < 4.78 is 3.40. The lowest BCUT2D eigenvalue weighted by atomic mass is 10.1. The maximum Gasteiger partial charge on any atom is 0.328 e. The zero-order valence-electron chi connectivity index (χ0n) is 13.1. The summed E-state index contributed by atoms with van der Waals surface area (Å²) >= 11 is 0. The predicted octanol–water partition coefficient (Wildman–Crippen LogP) is 1.18. The van der Waals surface area contributed by atoms with Gasteiger partial charge in [-0.25, -0.2) is 4.79 Å². The van der Waals surface area contributed by atoms with Gasteiger partial charge in [0.05, 0.1) is 17.6 Å². The van der Waals surface area contributed by atoms with E-state index in [2.05, 4.69) is 41.7 Å². The van der Waals surface area contributed by atoms with Crippen LogP contribution in [0.15, 0.2) is 53.3 Å². The number of aromatic nitrogens is 2. The molecule has 1 aromatic heterocycles. The van der Waals surface area contributed by atoms with Crippen LogP contribution in [0.25, 0.3) is 11.0 Å². The summed E-state index contributed by atoms with van der Waals surface area (Å²) in [6.07, 6.45) is 1.08. The number of imidazole rings is 1. The lowest BCUT2D eigenvalue weighted by molar-refractivity contribution is -0.670. The molecular formula is C18H22N3O+. The van der Waals surface area contributed by atoms with E-state index in [1.807, 2.05) is 26.2 Å². The Morgan fingerprint density at radius 1 is 0.909 bits per heavy atom. The van der Waals surface area contributed by atoms with Crippen LogP contribution in [-0.4, -0.2) is 15.7 Å². The molecule has 3 rings (SSSR count). The van der Waals surface area contributed by atoms with Gasteiger partial charge in [0, 0.05) is 26.1 Å². The molecule has 0 aliphatic heterocycles. The van der Waals surface area contributed by atoms with E-state index in [-0.39, 0.29) is 5.69 Å². The lowest BCUT2D eigenvalue weighted by Gasteiger charge is -2.04. The molecule has 0 fully saturated rings. The maximum absolute atomic E-state index is 11.9. The number of nitrogens with two attached hydrogens (primary N) is 1. The highest BCUT2D eigenvalue weighted by molar-refractivity contribution is 5.76. The number of benzene rings is 2. The molecular weight excluding hydrogens is 274 g/mol. The van der Waals surface area contributed by atoms with E-state index in [9.17, 15) is 4.79 Å². The molecule has 0 radical (unpaired) electrons. The summed E-state index contributed by atoms with van der Waals surface area (Å²) in [7, 11) is 3.64. The molecule has 4 heteroatoms. The minimum atomic E-state index is 0.0280. The highest BCUT2D eigenvalue weighted by Gasteiger charge is 2.08. The van der Waals surface area contributed by atoms with E-state index < -0.39 is 0 Å². The molecule has 22 heavy (non-hydrogen) atoms. The molecule has 114 valence electrons. The zero-order chi connectivity index (χ0) is 15.5. The van der Waals surface area contributed by atoms with Crippen LogP contribution in [-0.2, 0) is 27.1 Å². The van der Waals surface area contributed by atoms with Crippen molar-refractivity contribution in [2.45, 2.75) is 13.0 Å². The van der Waals surface area contributed by atoms with Gasteiger partial charge in [0.15, 0.2) is 0 Å². The summed E-state index contributed by atoms with van der Waals surface area (Å²) in [4.78, 5) is 11.9. The second-order valence-corrected chi connectivity index (χ2v) is 5.74. The van der Waals surface area contributed by atoms with E-state index in [1.165, 1.54) is 11.1 Å². The molecule has 0 saturated heterocycles. The molecule has 0 spiro atoms. The number of aryl methyl sites for hydroxylation is 2. The molecule has 0 aliphatic rings. The van der Waals surface area contributed by atoms with Crippen molar-refractivity contribution in [2.75, 3.05) is 6.54 Å². The van der Waals surface area contributed by atoms with Crippen molar-refractivity contribution < 1.29 is 5.32 Å². The second-order valence-electron chi connectivity index (χ2n) is 5.74. The highest BCUT2D eigenvalue weighted by atomic mass is 16.1. The number of rotatable bonds is 5. The predicted molar refractivity (Wildman–Crippen MR) is 88.8 cm³/mol. The first-order chi connectivity index (χ1) is 10.7. The van der Waals surface area contributed by atoms with Gasteiger partial charge >= 0.3 is 5.69 Å². The van der Waals surface area contributed by atoms with Gasteiger partial charge in [-0.1, -0.05) is 36.4 Å². The second kappa shape index (κ2) is 6.20. The molecule has 0 unspecified atom stereocenters. The van der Waals surface area contributed by atoms with Crippen molar-refractivity contribution in [3.8, 4) is 0 Å². The monoisotopic (exact) mass is 296 g/mol. The van der Waals surface area contributed by atoms with E-state index in [1.54, 1.807) is 9.13 Å². The number of fused-ring (bicyclic) bond motifs is 1. The van der Waals surface area contributed by atoms with E-state index in [4.69, 9.17) is 0 Å². The Hall–Kier alpha value is -2.33. The highest BCUT2D eigenvalue weighted by Crippen LogP contribution is 2.13. The molecule has 0 amide bonds. The SMILES string of the molecule is Cn1c(=O)n(C)c2cc(C[NH2+]CCc3ccccc3)ccc21. The third-order valence-electron chi connectivity index (χ3n) is 4.20. The Bertz CT molecular complexity index is 831. The first-order valence-corrected chi connectivity index (χ1v) is 7.67. The first kappa shape index (κ1) is 14.6. The van der Waals surface area contributed by atoms with E-state index in [0.29, 0.717) is 0 Å². The van der Waals surface area contributed by atoms with Crippen LogP contribution in [0, 0.1) is 0 Å². The topological polar surface area (TPSA) is 43.5 Å². The molecule has 0 atom stereocenters. The average Bonchev–Trinajstić information content (AvgIpc) is 2.77. The van der Waals surface area contributed by atoms with Crippen LogP contribution in [0.2, 0.25) is 0 Å². The van der Waals surface area contributed by atoms with Gasteiger partial charge in [-0.3, -0.25) is 9.13 Å². The summed E-state index contributed by atoms with van der Waals surface area (Å²) in [5.74, 6) is 0. The molecule has 0 aliphatic carbocycles. The van der Waals surface area contributed by atoms with Crippen LogP contribution in [0.5, 0.6) is 0 Å². The minimum absolute atomic E-state index is 0.0280. The Labute approximate surface area is 130 Å². The van der Waals surface area contributed by atoms with Gasteiger partial charge in [-0.15, -0.1) is 0 Å². The molecule has 0 bridgehead atoms. The van der Waals surface area contributed by atoms with Crippen molar-refractivity contribution in [2.24, 2.45) is 14.1 Å².